The van der Waals surface area contributed by atoms with Gasteiger partial charge in [0.25, 0.3) is 5.91 Å². The van der Waals surface area contributed by atoms with E-state index in [-0.39, 0.29) is 11.8 Å². The van der Waals surface area contributed by atoms with Crippen LogP contribution < -0.4 is 5.32 Å². The number of likely N-dealkylation sites (tertiary alicyclic amines) is 1. The summed E-state index contributed by atoms with van der Waals surface area (Å²) < 4.78 is 0. The van der Waals surface area contributed by atoms with E-state index < -0.39 is 6.04 Å². The van der Waals surface area contributed by atoms with Crippen LogP contribution in [0.1, 0.15) is 23.2 Å². The minimum atomic E-state index is -0.534. The van der Waals surface area contributed by atoms with E-state index in [0.717, 1.165) is 6.42 Å². The largest absolute Gasteiger partial charge is 0.327 e. The number of carbonyl (C=O) groups is 2. The summed E-state index contributed by atoms with van der Waals surface area (Å²) in [4.78, 5) is 30.8. The first-order valence-electron chi connectivity index (χ1n) is 7.53. The molecule has 0 spiro atoms. The molecule has 0 saturated carbocycles. The van der Waals surface area contributed by atoms with Gasteiger partial charge in [0.2, 0.25) is 5.91 Å². The Morgan fingerprint density at radius 2 is 2.08 bits per heavy atom. The molecule has 2 heterocycles. The van der Waals surface area contributed by atoms with E-state index in [2.05, 4.69) is 10.3 Å². The van der Waals surface area contributed by atoms with Gasteiger partial charge in [-0.3, -0.25) is 14.6 Å². The molecule has 2 aromatic rings. The van der Waals surface area contributed by atoms with Crippen LogP contribution in [-0.4, -0.2) is 34.3 Å². The summed E-state index contributed by atoms with van der Waals surface area (Å²) in [5, 5.41) is 3.54. The van der Waals surface area contributed by atoms with E-state index >= 15 is 0 Å². The molecule has 124 valence electrons. The lowest BCUT2D eigenvalue weighted by atomic mass is 10.1. The number of hydrogen-bond donors (Lipinski definition) is 1. The molecule has 3 rings (SSSR count). The van der Waals surface area contributed by atoms with E-state index in [1.807, 2.05) is 0 Å². The topological polar surface area (TPSA) is 62.3 Å². The quantitative estimate of drug-likeness (QED) is 0.905. The third-order valence-electron chi connectivity index (χ3n) is 3.90. The van der Waals surface area contributed by atoms with E-state index in [9.17, 15) is 9.59 Å². The molecule has 1 saturated heterocycles. The third kappa shape index (κ3) is 3.52. The van der Waals surface area contributed by atoms with Crippen molar-refractivity contribution in [3.63, 3.8) is 0 Å². The molecule has 1 aliphatic rings. The maximum absolute atomic E-state index is 12.8. The average molecular weight is 364 g/mol. The Balaban J connectivity index is 1.78. The Morgan fingerprint density at radius 1 is 1.25 bits per heavy atom. The van der Waals surface area contributed by atoms with Gasteiger partial charge in [-0.15, -0.1) is 0 Å². The van der Waals surface area contributed by atoms with Gasteiger partial charge < -0.3 is 10.2 Å². The number of halogens is 2. The molecule has 0 radical (unpaired) electrons. The standard InChI is InChI=1S/C17H15Cl2N3O2/c18-11-5-6-14(19)13(9-11)17(24)22-8-2-4-15(22)16(23)21-12-3-1-7-20-10-12/h1,3,5-7,9-10,15H,2,4,8H2,(H,21,23)/t15-/m0/s1. The van der Waals surface area contributed by atoms with Crippen molar-refractivity contribution in [3.05, 3.63) is 58.3 Å². The van der Waals surface area contributed by atoms with Crippen LogP contribution >= 0.6 is 23.2 Å². The van der Waals surface area contributed by atoms with Crippen molar-refractivity contribution in [2.45, 2.75) is 18.9 Å². The van der Waals surface area contributed by atoms with Crippen molar-refractivity contribution < 1.29 is 9.59 Å². The maximum atomic E-state index is 12.8. The first-order chi connectivity index (χ1) is 11.6. The first kappa shape index (κ1) is 16.7. The van der Waals surface area contributed by atoms with Crippen LogP contribution in [0.4, 0.5) is 5.69 Å². The molecule has 24 heavy (non-hydrogen) atoms. The zero-order valence-corrected chi connectivity index (χ0v) is 14.2. The average Bonchev–Trinajstić information content (AvgIpc) is 3.07. The molecule has 0 unspecified atom stereocenters. The molecule has 1 aromatic carbocycles. The fourth-order valence-corrected chi connectivity index (χ4v) is 3.13. The molecule has 5 nitrogen and oxygen atoms in total. The molecule has 1 aliphatic heterocycles. The number of hydrogen-bond acceptors (Lipinski definition) is 3. The fraction of sp³-hybridized carbons (Fsp3) is 0.235. The minimum Gasteiger partial charge on any atom is -0.327 e. The predicted octanol–water partition coefficient (Wildman–Crippen LogP) is 3.63. The van der Waals surface area contributed by atoms with Gasteiger partial charge >= 0.3 is 0 Å². The summed E-state index contributed by atoms with van der Waals surface area (Å²) >= 11 is 12.1. The molecule has 0 bridgehead atoms. The monoisotopic (exact) mass is 363 g/mol. The molecule has 1 N–H and O–H groups in total. The minimum absolute atomic E-state index is 0.230. The molecule has 7 heteroatoms. The summed E-state index contributed by atoms with van der Waals surface area (Å²) in [6.07, 6.45) is 4.56. The van der Waals surface area contributed by atoms with Gasteiger partial charge in [0.05, 0.1) is 22.5 Å². The molecule has 1 atom stereocenters. The van der Waals surface area contributed by atoms with Gasteiger partial charge in [-0.25, -0.2) is 0 Å². The van der Waals surface area contributed by atoms with Gasteiger partial charge in [-0.05, 0) is 43.2 Å². The number of nitrogens with one attached hydrogen (secondary N) is 1. The molecule has 1 fully saturated rings. The van der Waals surface area contributed by atoms with E-state index in [0.29, 0.717) is 34.3 Å². The Hall–Kier alpha value is -2.11. The van der Waals surface area contributed by atoms with Crippen molar-refractivity contribution in [2.24, 2.45) is 0 Å². The highest BCUT2D eigenvalue weighted by Gasteiger charge is 2.35. The lowest BCUT2D eigenvalue weighted by molar-refractivity contribution is -0.119. The highest BCUT2D eigenvalue weighted by atomic mass is 35.5. The van der Waals surface area contributed by atoms with Crippen LogP contribution in [-0.2, 0) is 4.79 Å². The van der Waals surface area contributed by atoms with E-state index in [1.54, 1.807) is 41.6 Å². The number of anilines is 1. The van der Waals surface area contributed by atoms with Crippen molar-refractivity contribution in [2.75, 3.05) is 11.9 Å². The van der Waals surface area contributed by atoms with Gasteiger partial charge in [-0.2, -0.15) is 0 Å². The molecule has 1 aromatic heterocycles. The Labute approximate surface area is 149 Å². The van der Waals surface area contributed by atoms with Crippen LogP contribution in [0.15, 0.2) is 42.7 Å². The summed E-state index contributed by atoms with van der Waals surface area (Å²) in [7, 11) is 0. The van der Waals surface area contributed by atoms with Crippen LogP contribution in [0, 0.1) is 0 Å². The zero-order valence-electron chi connectivity index (χ0n) is 12.7. The molecular weight excluding hydrogens is 349 g/mol. The number of amides is 2. The van der Waals surface area contributed by atoms with E-state index in [1.165, 1.54) is 6.07 Å². The molecule has 2 amide bonds. The van der Waals surface area contributed by atoms with Gasteiger partial charge in [0.15, 0.2) is 0 Å². The summed E-state index contributed by atoms with van der Waals surface area (Å²) in [6.45, 7) is 0.507. The lowest BCUT2D eigenvalue weighted by Crippen LogP contribution is -2.43. The number of pyridine rings is 1. The Morgan fingerprint density at radius 3 is 2.83 bits per heavy atom. The summed E-state index contributed by atoms with van der Waals surface area (Å²) in [5.41, 5.74) is 0.910. The van der Waals surface area contributed by atoms with Gasteiger partial charge in [0, 0.05) is 17.8 Å². The zero-order chi connectivity index (χ0) is 17.1. The summed E-state index contributed by atoms with van der Waals surface area (Å²) in [6, 6.07) is 7.68. The van der Waals surface area contributed by atoms with Crippen molar-refractivity contribution in [3.8, 4) is 0 Å². The number of nitrogens with zero attached hydrogens (tertiary/aromatic N) is 2. The second-order valence-corrected chi connectivity index (χ2v) is 6.36. The Kier molecular flexibility index (Phi) is 5.02. The van der Waals surface area contributed by atoms with Gasteiger partial charge in [-0.1, -0.05) is 23.2 Å². The predicted molar refractivity (Wildman–Crippen MR) is 93.4 cm³/mol. The van der Waals surface area contributed by atoms with Crippen molar-refractivity contribution in [1.29, 1.82) is 0 Å². The second kappa shape index (κ2) is 7.20. The lowest BCUT2D eigenvalue weighted by Gasteiger charge is -2.24. The summed E-state index contributed by atoms with van der Waals surface area (Å²) in [5.74, 6) is -0.515. The Bertz CT molecular complexity index is 768. The van der Waals surface area contributed by atoms with Crippen LogP contribution in [0.25, 0.3) is 0 Å². The molecule has 0 aliphatic carbocycles. The number of rotatable bonds is 3. The van der Waals surface area contributed by atoms with Crippen LogP contribution in [0.5, 0.6) is 0 Å². The second-order valence-electron chi connectivity index (χ2n) is 5.51. The maximum Gasteiger partial charge on any atom is 0.256 e. The SMILES string of the molecule is O=C(Nc1cccnc1)[C@@H]1CCCN1C(=O)c1cc(Cl)ccc1Cl. The fourth-order valence-electron chi connectivity index (χ4n) is 2.76. The smallest absolute Gasteiger partial charge is 0.256 e. The van der Waals surface area contributed by atoms with Crippen LogP contribution in [0.3, 0.4) is 0 Å². The number of carbonyl (C=O) groups excluding carboxylic acids is 2. The molecular formula is C17H15Cl2N3O2. The first-order valence-corrected chi connectivity index (χ1v) is 8.29. The van der Waals surface area contributed by atoms with Crippen LogP contribution in [0.2, 0.25) is 10.0 Å². The van der Waals surface area contributed by atoms with Crippen molar-refractivity contribution >= 4 is 40.7 Å². The highest BCUT2D eigenvalue weighted by Crippen LogP contribution is 2.26. The number of benzene rings is 1. The number of aromatic nitrogens is 1. The van der Waals surface area contributed by atoms with Gasteiger partial charge in [0.1, 0.15) is 6.04 Å². The normalized spacial score (nSPS) is 16.9. The third-order valence-corrected chi connectivity index (χ3v) is 4.47. The van der Waals surface area contributed by atoms with Crippen molar-refractivity contribution in [1.82, 2.24) is 9.88 Å². The van der Waals surface area contributed by atoms with E-state index in [4.69, 9.17) is 23.2 Å². The highest BCUT2D eigenvalue weighted by molar-refractivity contribution is 6.35.